The van der Waals surface area contributed by atoms with Gasteiger partial charge in [-0.15, -0.1) is 0 Å². The summed E-state index contributed by atoms with van der Waals surface area (Å²) in [5.41, 5.74) is 8.48. The molecule has 2 aromatic rings. The number of hydrogen-bond acceptors (Lipinski definition) is 3. The summed E-state index contributed by atoms with van der Waals surface area (Å²) in [6.45, 7) is 0. The maximum atomic E-state index is 6.30. The summed E-state index contributed by atoms with van der Waals surface area (Å²) in [6.07, 6.45) is 0.760. The van der Waals surface area contributed by atoms with Crippen molar-refractivity contribution in [3.05, 3.63) is 58.1 Å². The lowest BCUT2D eigenvalue weighted by Crippen LogP contribution is -2.14. The van der Waals surface area contributed by atoms with Crippen LogP contribution in [0.4, 0.5) is 0 Å². The molecule has 0 bridgehead atoms. The first-order valence-electron chi connectivity index (χ1n) is 6.36. The van der Waals surface area contributed by atoms with Gasteiger partial charge in [0.05, 0.1) is 14.2 Å². The monoisotopic (exact) mass is 335 g/mol. The molecule has 0 saturated heterocycles. The molecule has 0 aliphatic rings. The summed E-state index contributed by atoms with van der Waals surface area (Å²) in [5, 5.41) is 0. The van der Waals surface area contributed by atoms with Crippen molar-refractivity contribution in [3.63, 3.8) is 0 Å². The molecule has 20 heavy (non-hydrogen) atoms. The molecule has 2 aromatic carbocycles. The van der Waals surface area contributed by atoms with Gasteiger partial charge in [0.15, 0.2) is 0 Å². The first kappa shape index (κ1) is 14.9. The van der Waals surface area contributed by atoms with E-state index in [2.05, 4.69) is 28.1 Å². The van der Waals surface area contributed by atoms with Gasteiger partial charge in [-0.1, -0.05) is 34.1 Å². The van der Waals surface area contributed by atoms with Crippen LogP contribution in [-0.2, 0) is 6.42 Å². The summed E-state index contributed by atoms with van der Waals surface area (Å²) in [6, 6.07) is 13.8. The van der Waals surface area contributed by atoms with Gasteiger partial charge >= 0.3 is 0 Å². The van der Waals surface area contributed by atoms with Crippen LogP contribution >= 0.6 is 15.9 Å². The fourth-order valence-corrected chi connectivity index (χ4v) is 2.37. The third-order valence-corrected chi connectivity index (χ3v) is 3.74. The van der Waals surface area contributed by atoms with Gasteiger partial charge in [-0.05, 0) is 30.2 Å². The molecule has 0 amide bonds. The van der Waals surface area contributed by atoms with Crippen LogP contribution in [-0.4, -0.2) is 14.2 Å². The van der Waals surface area contributed by atoms with Crippen molar-refractivity contribution in [1.82, 2.24) is 0 Å². The third-order valence-electron chi connectivity index (χ3n) is 3.21. The predicted molar refractivity (Wildman–Crippen MR) is 84.3 cm³/mol. The van der Waals surface area contributed by atoms with E-state index in [-0.39, 0.29) is 6.04 Å². The second-order valence-corrected chi connectivity index (χ2v) is 5.46. The van der Waals surface area contributed by atoms with Gasteiger partial charge in [0.25, 0.3) is 0 Å². The normalized spacial score (nSPS) is 12.0. The third kappa shape index (κ3) is 3.52. The van der Waals surface area contributed by atoms with Crippen LogP contribution in [0.15, 0.2) is 46.9 Å². The Labute approximate surface area is 127 Å². The topological polar surface area (TPSA) is 44.5 Å². The Morgan fingerprint density at radius 3 is 2.35 bits per heavy atom. The molecular weight excluding hydrogens is 318 g/mol. The summed E-state index contributed by atoms with van der Waals surface area (Å²) < 4.78 is 11.7. The predicted octanol–water partition coefficient (Wildman–Crippen LogP) is 3.71. The highest BCUT2D eigenvalue weighted by atomic mass is 79.9. The first-order valence-corrected chi connectivity index (χ1v) is 7.15. The van der Waals surface area contributed by atoms with Gasteiger partial charge < -0.3 is 15.2 Å². The molecule has 4 heteroatoms. The molecule has 2 N–H and O–H groups in total. The van der Waals surface area contributed by atoms with E-state index in [0.717, 1.165) is 28.0 Å². The lowest BCUT2D eigenvalue weighted by molar-refractivity contribution is 0.388. The van der Waals surface area contributed by atoms with E-state index >= 15 is 0 Å². The van der Waals surface area contributed by atoms with Crippen LogP contribution < -0.4 is 15.2 Å². The molecule has 3 nitrogen and oxygen atoms in total. The zero-order chi connectivity index (χ0) is 14.5. The summed E-state index contributed by atoms with van der Waals surface area (Å²) in [4.78, 5) is 0. The van der Waals surface area contributed by atoms with E-state index in [1.165, 1.54) is 5.56 Å². The molecule has 0 spiro atoms. The molecule has 1 unspecified atom stereocenters. The molecular formula is C16H18BrNO2. The minimum Gasteiger partial charge on any atom is -0.497 e. The number of rotatable bonds is 5. The largest absolute Gasteiger partial charge is 0.497 e. The van der Waals surface area contributed by atoms with Crippen molar-refractivity contribution in [3.8, 4) is 11.5 Å². The van der Waals surface area contributed by atoms with E-state index in [1.807, 2.05) is 30.3 Å². The van der Waals surface area contributed by atoms with Crippen LogP contribution in [0, 0.1) is 0 Å². The average Bonchev–Trinajstić information content (AvgIpc) is 2.48. The van der Waals surface area contributed by atoms with E-state index in [0.29, 0.717) is 0 Å². The molecule has 0 saturated carbocycles. The van der Waals surface area contributed by atoms with E-state index < -0.39 is 0 Å². The van der Waals surface area contributed by atoms with Crippen molar-refractivity contribution in [1.29, 1.82) is 0 Å². The molecule has 2 rings (SSSR count). The van der Waals surface area contributed by atoms with Crippen LogP contribution in [0.2, 0.25) is 0 Å². The molecule has 0 aromatic heterocycles. The van der Waals surface area contributed by atoms with E-state index in [1.54, 1.807) is 14.2 Å². The number of methoxy groups -OCH3 is 2. The Hall–Kier alpha value is -1.52. The lowest BCUT2D eigenvalue weighted by Gasteiger charge is -2.16. The van der Waals surface area contributed by atoms with Crippen molar-refractivity contribution < 1.29 is 9.47 Å². The van der Waals surface area contributed by atoms with Crippen LogP contribution in [0.5, 0.6) is 11.5 Å². The second kappa shape index (κ2) is 6.77. The number of hydrogen-bond donors (Lipinski definition) is 1. The summed E-state index contributed by atoms with van der Waals surface area (Å²) >= 11 is 3.43. The lowest BCUT2D eigenvalue weighted by atomic mass is 9.99. The van der Waals surface area contributed by atoms with Crippen LogP contribution in [0.1, 0.15) is 17.2 Å². The van der Waals surface area contributed by atoms with Crippen molar-refractivity contribution in [2.45, 2.75) is 12.5 Å². The fourth-order valence-electron chi connectivity index (χ4n) is 2.11. The highest BCUT2D eigenvalue weighted by Crippen LogP contribution is 2.30. The number of halogens is 1. The Balaban J connectivity index is 2.20. The highest BCUT2D eigenvalue weighted by molar-refractivity contribution is 9.10. The minimum absolute atomic E-state index is 0.114. The SMILES string of the molecule is COc1ccc(C(N)Cc2ccc(Br)cc2)c(OC)c1. The van der Waals surface area contributed by atoms with E-state index in [9.17, 15) is 0 Å². The van der Waals surface area contributed by atoms with Gasteiger partial charge in [0, 0.05) is 22.1 Å². The fraction of sp³-hybridized carbons (Fsp3) is 0.250. The van der Waals surface area contributed by atoms with Gasteiger partial charge in [-0.3, -0.25) is 0 Å². The Bertz CT molecular complexity index is 569. The van der Waals surface area contributed by atoms with Crippen LogP contribution in [0.3, 0.4) is 0 Å². The highest BCUT2D eigenvalue weighted by Gasteiger charge is 2.13. The maximum absolute atomic E-state index is 6.30. The maximum Gasteiger partial charge on any atom is 0.127 e. The molecule has 106 valence electrons. The molecule has 1 atom stereocenters. The van der Waals surface area contributed by atoms with Crippen molar-refractivity contribution >= 4 is 15.9 Å². The van der Waals surface area contributed by atoms with Gasteiger partial charge in [0.1, 0.15) is 11.5 Å². The van der Waals surface area contributed by atoms with Gasteiger partial charge in [-0.2, -0.15) is 0 Å². The Morgan fingerprint density at radius 1 is 1.05 bits per heavy atom. The molecule has 0 aliphatic carbocycles. The zero-order valence-electron chi connectivity index (χ0n) is 11.6. The zero-order valence-corrected chi connectivity index (χ0v) is 13.2. The second-order valence-electron chi connectivity index (χ2n) is 4.54. The van der Waals surface area contributed by atoms with Gasteiger partial charge in [-0.25, -0.2) is 0 Å². The van der Waals surface area contributed by atoms with Crippen molar-refractivity contribution in [2.75, 3.05) is 14.2 Å². The van der Waals surface area contributed by atoms with E-state index in [4.69, 9.17) is 15.2 Å². The molecule has 0 radical (unpaired) electrons. The molecule has 0 fully saturated rings. The minimum atomic E-state index is -0.114. The number of nitrogens with two attached hydrogens (primary N) is 1. The van der Waals surface area contributed by atoms with Crippen LogP contribution in [0.25, 0.3) is 0 Å². The summed E-state index contributed by atoms with van der Waals surface area (Å²) in [5.74, 6) is 1.52. The number of benzene rings is 2. The molecule has 0 heterocycles. The smallest absolute Gasteiger partial charge is 0.127 e. The quantitative estimate of drug-likeness (QED) is 0.905. The average molecular weight is 336 g/mol. The van der Waals surface area contributed by atoms with Gasteiger partial charge in [0.2, 0.25) is 0 Å². The number of ether oxygens (including phenoxy) is 2. The molecule has 0 aliphatic heterocycles. The Kier molecular flexibility index (Phi) is 5.04. The summed E-state index contributed by atoms with van der Waals surface area (Å²) in [7, 11) is 3.28. The van der Waals surface area contributed by atoms with Crippen molar-refractivity contribution in [2.24, 2.45) is 5.73 Å². The standard InChI is InChI=1S/C16H18BrNO2/c1-19-13-7-8-14(16(10-13)20-2)15(18)9-11-3-5-12(17)6-4-11/h3-8,10,15H,9,18H2,1-2H3. The Morgan fingerprint density at radius 2 is 1.75 bits per heavy atom. The first-order chi connectivity index (χ1) is 9.63.